The van der Waals surface area contributed by atoms with Gasteiger partial charge < -0.3 is 10.6 Å². The predicted octanol–water partition coefficient (Wildman–Crippen LogP) is 2.86. The van der Waals surface area contributed by atoms with Crippen molar-refractivity contribution >= 4 is 27.5 Å². The first kappa shape index (κ1) is 21.0. The van der Waals surface area contributed by atoms with Crippen LogP contribution in [0, 0.1) is 0 Å². The van der Waals surface area contributed by atoms with Gasteiger partial charge in [0.05, 0.1) is 16.1 Å². The Balaban J connectivity index is 1.84. The largest absolute Gasteiger partial charge is 0.355 e. The first-order chi connectivity index (χ1) is 13.9. The predicted molar refractivity (Wildman–Crippen MR) is 111 cm³/mol. The van der Waals surface area contributed by atoms with E-state index in [1.165, 1.54) is 23.5 Å². The molecule has 1 heterocycles. The first-order valence-electron chi connectivity index (χ1n) is 9.66. The molecule has 0 aromatic heterocycles. The third-order valence-electron chi connectivity index (χ3n) is 4.95. The van der Waals surface area contributed by atoms with Crippen LogP contribution in [0.4, 0.5) is 5.69 Å². The molecule has 154 valence electrons. The second-order valence-corrected chi connectivity index (χ2v) is 8.86. The number of hydrogen-bond donors (Lipinski definition) is 2. The van der Waals surface area contributed by atoms with Crippen LogP contribution in [0.2, 0.25) is 0 Å². The van der Waals surface area contributed by atoms with Crippen LogP contribution in [0.3, 0.4) is 0 Å². The van der Waals surface area contributed by atoms with Gasteiger partial charge in [0, 0.05) is 25.7 Å². The van der Waals surface area contributed by atoms with Gasteiger partial charge in [0.15, 0.2) is 0 Å². The molecule has 0 radical (unpaired) electrons. The van der Waals surface area contributed by atoms with Crippen molar-refractivity contribution in [2.45, 2.75) is 30.6 Å². The Morgan fingerprint density at radius 3 is 2.28 bits per heavy atom. The van der Waals surface area contributed by atoms with Crippen molar-refractivity contribution < 1.29 is 18.0 Å². The molecule has 7 nitrogen and oxygen atoms in total. The summed E-state index contributed by atoms with van der Waals surface area (Å²) in [5.74, 6) is -0.798. The topological polar surface area (TPSA) is 95.6 Å². The van der Waals surface area contributed by atoms with E-state index < -0.39 is 15.9 Å². The van der Waals surface area contributed by atoms with E-state index in [4.69, 9.17) is 0 Å². The zero-order chi connectivity index (χ0) is 20.9. The van der Waals surface area contributed by atoms with Crippen LogP contribution < -0.4 is 10.6 Å². The summed E-state index contributed by atoms with van der Waals surface area (Å²) in [4.78, 5) is 24.8. The summed E-state index contributed by atoms with van der Waals surface area (Å²) in [5, 5.41) is 5.23. The van der Waals surface area contributed by atoms with Crippen molar-refractivity contribution in [1.29, 1.82) is 0 Å². The summed E-state index contributed by atoms with van der Waals surface area (Å²) < 4.78 is 27.5. The lowest BCUT2D eigenvalue weighted by Crippen LogP contribution is -2.32. The number of rotatable bonds is 5. The van der Waals surface area contributed by atoms with E-state index in [-0.39, 0.29) is 16.4 Å². The van der Waals surface area contributed by atoms with Crippen LogP contribution >= 0.6 is 0 Å². The molecule has 8 heteroatoms. The molecular weight excluding hydrogens is 390 g/mol. The summed E-state index contributed by atoms with van der Waals surface area (Å²) in [6, 6.07) is 12.7. The lowest BCUT2D eigenvalue weighted by atomic mass is 10.1. The molecule has 0 spiro atoms. The van der Waals surface area contributed by atoms with Gasteiger partial charge in [-0.2, -0.15) is 4.31 Å². The van der Waals surface area contributed by atoms with Crippen LogP contribution in [0.5, 0.6) is 0 Å². The Kier molecular flexibility index (Phi) is 6.66. The van der Waals surface area contributed by atoms with Gasteiger partial charge >= 0.3 is 0 Å². The van der Waals surface area contributed by atoms with Crippen molar-refractivity contribution in [2.24, 2.45) is 0 Å². The maximum absolute atomic E-state index is 13.0. The fourth-order valence-corrected chi connectivity index (χ4v) is 4.91. The summed E-state index contributed by atoms with van der Waals surface area (Å²) in [7, 11) is -2.14. The fraction of sp³-hybridized carbons (Fsp3) is 0.333. The van der Waals surface area contributed by atoms with Gasteiger partial charge in [0.25, 0.3) is 11.8 Å². The Labute approximate surface area is 171 Å². The van der Waals surface area contributed by atoms with Crippen molar-refractivity contribution in [1.82, 2.24) is 9.62 Å². The molecule has 2 amide bonds. The van der Waals surface area contributed by atoms with Gasteiger partial charge in [-0.25, -0.2) is 8.42 Å². The number of carbonyl (C=O) groups is 2. The molecule has 0 atom stereocenters. The highest BCUT2D eigenvalue weighted by Crippen LogP contribution is 2.22. The van der Waals surface area contributed by atoms with Crippen LogP contribution in [0.1, 0.15) is 46.4 Å². The van der Waals surface area contributed by atoms with E-state index in [2.05, 4.69) is 10.6 Å². The highest BCUT2D eigenvalue weighted by atomic mass is 32.2. The second kappa shape index (κ2) is 9.19. The molecule has 2 aromatic rings. The van der Waals surface area contributed by atoms with E-state index in [0.29, 0.717) is 24.3 Å². The van der Waals surface area contributed by atoms with Crippen LogP contribution in [-0.4, -0.2) is 44.7 Å². The minimum atomic E-state index is -3.65. The standard InChI is InChI=1S/C21H25N3O4S/c1-22-21(26)18-11-4-5-12-19(18)23-20(25)16-9-8-10-17(15-16)29(27,28)24-13-6-2-3-7-14-24/h4-5,8-12,15H,2-3,6-7,13-14H2,1H3,(H,22,26)(H,23,25). The minimum Gasteiger partial charge on any atom is -0.355 e. The smallest absolute Gasteiger partial charge is 0.255 e. The molecule has 0 bridgehead atoms. The lowest BCUT2D eigenvalue weighted by molar-refractivity contribution is 0.0964. The van der Waals surface area contributed by atoms with Crippen molar-refractivity contribution in [3.8, 4) is 0 Å². The Morgan fingerprint density at radius 2 is 1.59 bits per heavy atom. The second-order valence-electron chi connectivity index (χ2n) is 6.92. The van der Waals surface area contributed by atoms with Gasteiger partial charge in [-0.15, -0.1) is 0 Å². The molecule has 1 fully saturated rings. The molecule has 29 heavy (non-hydrogen) atoms. The van der Waals surface area contributed by atoms with E-state index >= 15 is 0 Å². The zero-order valence-corrected chi connectivity index (χ0v) is 17.2. The molecule has 2 N–H and O–H groups in total. The number of nitrogens with zero attached hydrogens (tertiary/aromatic N) is 1. The van der Waals surface area contributed by atoms with Crippen molar-refractivity contribution in [3.63, 3.8) is 0 Å². The number of sulfonamides is 1. The van der Waals surface area contributed by atoms with Crippen LogP contribution in [-0.2, 0) is 10.0 Å². The molecule has 2 aromatic carbocycles. The number of hydrogen-bond acceptors (Lipinski definition) is 4. The Morgan fingerprint density at radius 1 is 0.897 bits per heavy atom. The van der Waals surface area contributed by atoms with Gasteiger partial charge in [-0.3, -0.25) is 9.59 Å². The summed E-state index contributed by atoms with van der Waals surface area (Å²) in [5.41, 5.74) is 0.905. The third-order valence-corrected chi connectivity index (χ3v) is 6.84. The Bertz CT molecular complexity index is 996. The number of carbonyl (C=O) groups excluding carboxylic acids is 2. The zero-order valence-electron chi connectivity index (χ0n) is 16.3. The maximum Gasteiger partial charge on any atom is 0.255 e. The number of anilines is 1. The van der Waals surface area contributed by atoms with E-state index in [1.54, 1.807) is 36.4 Å². The molecular formula is C21H25N3O4S. The molecule has 3 rings (SSSR count). The first-order valence-corrected chi connectivity index (χ1v) is 11.1. The molecule has 1 aliphatic rings. The number of benzene rings is 2. The summed E-state index contributed by atoms with van der Waals surface area (Å²) >= 11 is 0. The summed E-state index contributed by atoms with van der Waals surface area (Å²) in [6.07, 6.45) is 3.74. The molecule has 0 saturated carbocycles. The monoisotopic (exact) mass is 415 g/mol. The maximum atomic E-state index is 13.0. The third kappa shape index (κ3) is 4.83. The molecule has 1 saturated heterocycles. The van der Waals surface area contributed by atoms with Crippen LogP contribution in [0.25, 0.3) is 0 Å². The minimum absolute atomic E-state index is 0.103. The molecule has 0 unspecified atom stereocenters. The van der Waals surface area contributed by atoms with Gasteiger partial charge in [-0.05, 0) is 43.2 Å². The Hall–Kier alpha value is -2.71. The van der Waals surface area contributed by atoms with E-state index in [9.17, 15) is 18.0 Å². The normalized spacial score (nSPS) is 15.3. The van der Waals surface area contributed by atoms with Crippen molar-refractivity contribution in [2.75, 3.05) is 25.5 Å². The van der Waals surface area contributed by atoms with E-state index in [0.717, 1.165) is 25.7 Å². The number of para-hydroxylation sites is 1. The SMILES string of the molecule is CNC(=O)c1ccccc1NC(=O)c1cccc(S(=O)(=O)N2CCCCCC2)c1. The highest BCUT2D eigenvalue weighted by molar-refractivity contribution is 7.89. The number of amides is 2. The fourth-order valence-electron chi connectivity index (χ4n) is 3.35. The lowest BCUT2D eigenvalue weighted by Gasteiger charge is -2.20. The summed E-state index contributed by atoms with van der Waals surface area (Å²) in [6.45, 7) is 0.997. The average molecular weight is 416 g/mol. The quantitative estimate of drug-likeness (QED) is 0.785. The van der Waals surface area contributed by atoms with Gasteiger partial charge in [0.1, 0.15) is 0 Å². The van der Waals surface area contributed by atoms with Gasteiger partial charge in [0.2, 0.25) is 10.0 Å². The number of nitrogens with one attached hydrogen (secondary N) is 2. The van der Waals surface area contributed by atoms with Gasteiger partial charge in [-0.1, -0.05) is 31.0 Å². The van der Waals surface area contributed by atoms with Crippen molar-refractivity contribution in [3.05, 3.63) is 59.7 Å². The van der Waals surface area contributed by atoms with Crippen LogP contribution in [0.15, 0.2) is 53.4 Å². The molecule has 1 aliphatic heterocycles. The van der Waals surface area contributed by atoms with E-state index in [1.807, 2.05) is 0 Å². The average Bonchev–Trinajstić information content (AvgIpc) is 3.04. The highest BCUT2D eigenvalue weighted by Gasteiger charge is 2.26. The molecule has 0 aliphatic carbocycles.